The van der Waals surface area contributed by atoms with Crippen LogP contribution in [0.4, 0.5) is 0 Å². The first-order valence-electron chi connectivity index (χ1n) is 17.7. The minimum Gasteiger partial charge on any atom is -0.357 e. The normalized spacial score (nSPS) is 52.0. The number of hydrogen-bond donors (Lipinski definition) is 2. The largest absolute Gasteiger partial charge is 0.357 e. The first-order chi connectivity index (χ1) is 19.6. The average molecular weight is 569 g/mol. The van der Waals surface area contributed by atoms with Gasteiger partial charge in [0.2, 0.25) is 5.91 Å². The smallest absolute Gasteiger partial charge is 0.221 e. The van der Waals surface area contributed by atoms with Crippen molar-refractivity contribution >= 4 is 5.91 Å². The quantitative estimate of drug-likeness (QED) is 0.493. The maximum atomic E-state index is 12.9. The summed E-state index contributed by atoms with van der Waals surface area (Å²) < 4.78 is 7.10. The summed E-state index contributed by atoms with van der Waals surface area (Å²) in [6, 6.07) is 0.389. The number of piperazine rings is 1. The van der Waals surface area contributed by atoms with E-state index in [9.17, 15) is 4.79 Å². The second-order valence-corrected chi connectivity index (χ2v) is 16.8. The Kier molecular flexibility index (Phi) is 7.60. The Morgan fingerprint density at radius 1 is 0.927 bits per heavy atom. The van der Waals surface area contributed by atoms with E-state index in [1.807, 2.05) is 0 Å². The predicted molar refractivity (Wildman–Crippen MR) is 164 cm³/mol. The molecule has 1 amide bonds. The van der Waals surface area contributed by atoms with E-state index in [-0.39, 0.29) is 11.6 Å². The number of nitrogens with one attached hydrogen (secondary N) is 2. The molecular formula is C35H60N4O2. The molecule has 2 N–H and O–H groups in total. The van der Waals surface area contributed by atoms with Crippen molar-refractivity contribution < 1.29 is 9.53 Å². The molecule has 1 spiro atoms. The summed E-state index contributed by atoms with van der Waals surface area (Å²) in [6.07, 6.45) is 14.2. The molecule has 7 rings (SSSR count). The zero-order valence-electron chi connectivity index (χ0n) is 26.9. The van der Waals surface area contributed by atoms with Gasteiger partial charge < -0.3 is 19.9 Å². The van der Waals surface area contributed by atoms with Crippen LogP contribution >= 0.6 is 0 Å². The second-order valence-electron chi connectivity index (χ2n) is 16.8. The van der Waals surface area contributed by atoms with Crippen LogP contribution in [-0.2, 0) is 9.53 Å². The average Bonchev–Trinajstić information content (AvgIpc) is 3.40. The van der Waals surface area contributed by atoms with Gasteiger partial charge in [-0.05, 0) is 118 Å². The van der Waals surface area contributed by atoms with Crippen LogP contribution in [0.3, 0.4) is 0 Å². The van der Waals surface area contributed by atoms with Gasteiger partial charge in [-0.2, -0.15) is 0 Å². The minimum atomic E-state index is -0.0520. The third kappa shape index (κ3) is 4.84. The van der Waals surface area contributed by atoms with E-state index >= 15 is 0 Å². The van der Waals surface area contributed by atoms with Crippen LogP contribution in [0, 0.1) is 52.3 Å². The molecule has 0 aromatic carbocycles. The molecule has 0 bridgehead atoms. The number of hydrogen-bond acceptors (Lipinski definition) is 5. The summed E-state index contributed by atoms with van der Waals surface area (Å²) in [7, 11) is 2.19. The molecule has 3 heterocycles. The van der Waals surface area contributed by atoms with Crippen molar-refractivity contribution in [3.05, 3.63) is 0 Å². The summed E-state index contributed by atoms with van der Waals surface area (Å²) in [6.45, 7) is 16.7. The number of fused-ring (bicyclic) bond motifs is 7. The summed E-state index contributed by atoms with van der Waals surface area (Å²) in [5, 5.41) is 7.42. The van der Waals surface area contributed by atoms with Crippen molar-refractivity contribution in [2.75, 3.05) is 46.3 Å². The monoisotopic (exact) mass is 568 g/mol. The Balaban J connectivity index is 0.964. The summed E-state index contributed by atoms with van der Waals surface area (Å²) in [4.78, 5) is 17.8. The summed E-state index contributed by atoms with van der Waals surface area (Å²) in [5.41, 5.74) is 0.846. The minimum absolute atomic E-state index is 0.0520. The highest BCUT2D eigenvalue weighted by Crippen LogP contribution is 2.71. The molecule has 41 heavy (non-hydrogen) atoms. The van der Waals surface area contributed by atoms with Crippen LogP contribution in [0.5, 0.6) is 0 Å². The Hall–Kier alpha value is -0.690. The number of piperidine rings is 1. The van der Waals surface area contributed by atoms with Crippen molar-refractivity contribution in [2.24, 2.45) is 52.3 Å². The standard InChI is InChI=1S/C35H60N4O2/c1-23-8-14-35(36-22-23)24(2)32-30(41-35)21-29-27-7-6-25-20-26(9-12-33(25,3)28(27)10-13-34(29,32)4)37-31(40)11-15-39-18-16-38(5)17-19-39/h23-30,32,36H,6-22H2,1-5H3,(H,37,40)/t23-,24+,25+,26?,27-,28+,29+,30+,32+,33+,34+,35-/m1/s1. The van der Waals surface area contributed by atoms with E-state index in [1.54, 1.807) is 0 Å². The van der Waals surface area contributed by atoms with E-state index in [0.29, 0.717) is 35.3 Å². The highest BCUT2D eigenvalue weighted by Gasteiger charge is 2.68. The van der Waals surface area contributed by atoms with Gasteiger partial charge in [-0.25, -0.2) is 0 Å². The fourth-order valence-corrected chi connectivity index (χ4v) is 12.2. The lowest BCUT2D eigenvalue weighted by atomic mass is 9.44. The second kappa shape index (κ2) is 10.7. The van der Waals surface area contributed by atoms with Gasteiger partial charge in [0.1, 0.15) is 5.72 Å². The van der Waals surface area contributed by atoms with Crippen molar-refractivity contribution in [3.8, 4) is 0 Å². The molecule has 4 saturated carbocycles. The van der Waals surface area contributed by atoms with Crippen LogP contribution in [0.2, 0.25) is 0 Å². The van der Waals surface area contributed by atoms with Crippen LogP contribution in [-0.4, -0.2) is 79.9 Å². The van der Waals surface area contributed by atoms with Crippen molar-refractivity contribution in [1.29, 1.82) is 0 Å². The topological polar surface area (TPSA) is 56.8 Å². The Bertz CT molecular complexity index is 973. The lowest BCUT2D eigenvalue weighted by Crippen LogP contribution is -2.58. The molecular weight excluding hydrogens is 508 g/mol. The lowest BCUT2D eigenvalue weighted by molar-refractivity contribution is -0.136. The van der Waals surface area contributed by atoms with E-state index < -0.39 is 0 Å². The van der Waals surface area contributed by atoms with Crippen LogP contribution in [0.25, 0.3) is 0 Å². The SMILES string of the molecule is C[C@@H]1CC[C@@]2(NC1)O[C@H]1C[C@H]3[C@@H]4CC[C@H]5CC(NC(=O)CCN6CCN(C)CC6)CC[C@]5(C)[C@H]4CC[C@]3(C)[C@H]1[C@@H]2C. The number of rotatable bonds is 4. The van der Waals surface area contributed by atoms with Crippen molar-refractivity contribution in [2.45, 2.75) is 116 Å². The molecule has 232 valence electrons. The van der Waals surface area contributed by atoms with E-state index in [1.165, 1.54) is 64.2 Å². The Morgan fingerprint density at radius 2 is 1.71 bits per heavy atom. The third-order valence-electron chi connectivity index (χ3n) is 14.8. The number of amides is 1. The molecule has 0 radical (unpaired) electrons. The Labute approximate surface area is 250 Å². The fraction of sp³-hybridized carbons (Fsp3) is 0.971. The Morgan fingerprint density at radius 3 is 2.46 bits per heavy atom. The molecule has 4 aliphatic carbocycles. The molecule has 7 fully saturated rings. The van der Waals surface area contributed by atoms with E-state index in [2.05, 4.69) is 55.2 Å². The van der Waals surface area contributed by atoms with Crippen molar-refractivity contribution in [3.63, 3.8) is 0 Å². The number of ether oxygens (including phenoxy) is 1. The molecule has 0 aromatic rings. The highest BCUT2D eigenvalue weighted by molar-refractivity contribution is 5.76. The number of nitrogens with zero attached hydrogens (tertiary/aromatic N) is 2. The molecule has 3 saturated heterocycles. The number of carbonyl (C=O) groups is 1. The summed E-state index contributed by atoms with van der Waals surface area (Å²) >= 11 is 0. The lowest BCUT2D eigenvalue weighted by Gasteiger charge is -2.61. The predicted octanol–water partition coefficient (Wildman–Crippen LogP) is 5.13. The van der Waals surface area contributed by atoms with Crippen LogP contribution in [0.1, 0.15) is 98.3 Å². The van der Waals surface area contributed by atoms with Gasteiger partial charge in [0.15, 0.2) is 0 Å². The maximum Gasteiger partial charge on any atom is 0.221 e. The highest BCUT2D eigenvalue weighted by atomic mass is 16.5. The molecule has 3 aliphatic heterocycles. The first-order valence-corrected chi connectivity index (χ1v) is 17.7. The molecule has 6 heteroatoms. The van der Waals surface area contributed by atoms with Gasteiger partial charge in [-0.1, -0.05) is 27.7 Å². The van der Waals surface area contributed by atoms with E-state index in [4.69, 9.17) is 4.74 Å². The molecule has 7 aliphatic rings. The van der Waals surface area contributed by atoms with Gasteiger partial charge in [-0.3, -0.25) is 10.1 Å². The van der Waals surface area contributed by atoms with Gasteiger partial charge in [0, 0.05) is 57.6 Å². The summed E-state index contributed by atoms with van der Waals surface area (Å²) in [5.74, 6) is 5.75. The number of carbonyl (C=O) groups excluding carboxylic acids is 1. The van der Waals surface area contributed by atoms with Crippen molar-refractivity contribution in [1.82, 2.24) is 20.4 Å². The zero-order chi connectivity index (χ0) is 28.6. The molecule has 0 aromatic heterocycles. The van der Waals surface area contributed by atoms with Crippen LogP contribution < -0.4 is 10.6 Å². The zero-order valence-corrected chi connectivity index (χ0v) is 26.9. The van der Waals surface area contributed by atoms with Gasteiger partial charge in [0.05, 0.1) is 6.10 Å². The molecule has 1 unspecified atom stereocenters. The maximum absolute atomic E-state index is 12.9. The molecule has 12 atom stereocenters. The van der Waals surface area contributed by atoms with Gasteiger partial charge in [-0.15, -0.1) is 0 Å². The fourth-order valence-electron chi connectivity index (χ4n) is 12.2. The first kappa shape index (κ1) is 29.0. The van der Waals surface area contributed by atoms with E-state index in [0.717, 1.165) is 74.8 Å². The third-order valence-corrected chi connectivity index (χ3v) is 14.8. The molecule has 6 nitrogen and oxygen atoms in total. The van der Waals surface area contributed by atoms with Gasteiger partial charge >= 0.3 is 0 Å². The number of likely N-dealkylation sites (N-methyl/N-ethyl adjacent to an activating group) is 1. The van der Waals surface area contributed by atoms with Gasteiger partial charge in [0.25, 0.3) is 0 Å². The van der Waals surface area contributed by atoms with Crippen LogP contribution in [0.15, 0.2) is 0 Å².